The van der Waals surface area contributed by atoms with Crippen LogP contribution in [0, 0.1) is 5.82 Å². The molecule has 0 bridgehead atoms. The van der Waals surface area contributed by atoms with E-state index in [1.54, 1.807) is 78.9 Å². The summed E-state index contributed by atoms with van der Waals surface area (Å²) in [6, 6.07) is 36.0. The van der Waals surface area contributed by atoms with Crippen LogP contribution in [0.4, 0.5) is 15.8 Å². The second-order valence-corrected chi connectivity index (χ2v) is 11.7. The van der Waals surface area contributed by atoms with E-state index >= 15 is 0 Å². The quantitative estimate of drug-likeness (QED) is 0.0973. The highest BCUT2D eigenvalue weighted by molar-refractivity contribution is 8.00. The van der Waals surface area contributed by atoms with Gasteiger partial charge in [-0.3, -0.25) is 14.4 Å². The van der Waals surface area contributed by atoms with Crippen molar-refractivity contribution in [3.63, 3.8) is 0 Å². The van der Waals surface area contributed by atoms with Gasteiger partial charge in [0.15, 0.2) is 0 Å². The van der Waals surface area contributed by atoms with Gasteiger partial charge in [0.2, 0.25) is 5.91 Å². The Morgan fingerprint density at radius 1 is 0.787 bits per heavy atom. The van der Waals surface area contributed by atoms with Crippen molar-refractivity contribution in [2.24, 2.45) is 0 Å². The summed E-state index contributed by atoms with van der Waals surface area (Å²) in [5, 5.41) is 7.64. The van der Waals surface area contributed by atoms with Crippen molar-refractivity contribution in [1.29, 1.82) is 0 Å². The van der Waals surface area contributed by atoms with Gasteiger partial charge in [-0.25, -0.2) is 4.39 Å². The zero-order chi connectivity index (χ0) is 33.2. The van der Waals surface area contributed by atoms with Crippen molar-refractivity contribution in [3.05, 3.63) is 161 Å². The molecule has 0 heterocycles. The van der Waals surface area contributed by atoms with Crippen LogP contribution in [0.3, 0.4) is 0 Å². The maximum absolute atomic E-state index is 13.7. The van der Waals surface area contributed by atoms with E-state index in [0.29, 0.717) is 28.3 Å². The summed E-state index contributed by atoms with van der Waals surface area (Å²) in [4.78, 5) is 40.7. The Bertz CT molecular complexity index is 1900. The first-order valence-corrected chi connectivity index (χ1v) is 15.7. The molecule has 0 saturated carbocycles. The number of carbonyl (C=O) groups is 3. The molecule has 0 aliphatic rings. The molecular formula is C37H29ClFN3O4S. The summed E-state index contributed by atoms with van der Waals surface area (Å²) in [5.41, 5.74) is 2.63. The number of anilines is 2. The molecule has 47 heavy (non-hydrogen) atoms. The van der Waals surface area contributed by atoms with Gasteiger partial charge in [0.25, 0.3) is 11.8 Å². The van der Waals surface area contributed by atoms with Crippen molar-refractivity contribution in [3.8, 4) is 5.75 Å². The second-order valence-electron chi connectivity index (χ2n) is 10.1. The third-order valence-corrected chi connectivity index (χ3v) is 8.42. The van der Waals surface area contributed by atoms with Gasteiger partial charge < -0.3 is 20.7 Å². The number of methoxy groups -OCH3 is 1. The topological polar surface area (TPSA) is 96.5 Å². The summed E-state index contributed by atoms with van der Waals surface area (Å²) in [6.45, 7) is 0. The van der Waals surface area contributed by atoms with Crippen LogP contribution in [0.1, 0.15) is 26.7 Å². The van der Waals surface area contributed by atoms with Gasteiger partial charge in [0.05, 0.1) is 12.1 Å². The maximum atomic E-state index is 13.7. The van der Waals surface area contributed by atoms with Gasteiger partial charge in [-0.05, 0) is 72.3 Å². The first-order valence-electron chi connectivity index (χ1n) is 14.4. The molecule has 3 amide bonds. The van der Waals surface area contributed by atoms with E-state index in [2.05, 4.69) is 16.0 Å². The monoisotopic (exact) mass is 665 g/mol. The van der Waals surface area contributed by atoms with Crippen LogP contribution < -0.4 is 20.7 Å². The predicted molar refractivity (Wildman–Crippen MR) is 185 cm³/mol. The summed E-state index contributed by atoms with van der Waals surface area (Å²) in [5.74, 6) is -1.34. The number of rotatable bonds is 11. The molecule has 3 N–H and O–H groups in total. The Kier molecular flexibility index (Phi) is 11.1. The number of nitrogens with one attached hydrogen (secondary N) is 3. The SMILES string of the molecule is COc1ccccc1/C=C(\NC(=O)c1ccccc1)C(=O)Nc1ccc(SC(C(=O)Nc2ccc(F)c(Cl)c2)c2ccccc2)cc1. The largest absolute Gasteiger partial charge is 0.496 e. The van der Waals surface area contributed by atoms with E-state index in [4.69, 9.17) is 16.3 Å². The zero-order valence-corrected chi connectivity index (χ0v) is 26.6. The standard InChI is InChI=1S/C37H29ClFN3O4S/c1-46-33-15-9-8-14-26(33)22-32(42-35(43)25-12-6-3-7-13-25)36(44)40-27-16-19-29(20-17-27)47-34(24-10-4-2-5-11-24)37(45)41-28-18-21-31(39)30(38)23-28/h2-23,34H,1H3,(H,40,44)(H,41,45)(H,42,43)/b32-22-. The van der Waals surface area contributed by atoms with Gasteiger partial charge in [0.1, 0.15) is 22.5 Å². The van der Waals surface area contributed by atoms with Crippen LogP contribution in [0.25, 0.3) is 6.08 Å². The normalized spacial score (nSPS) is 11.7. The lowest BCUT2D eigenvalue weighted by Crippen LogP contribution is -2.30. The lowest BCUT2D eigenvalue weighted by molar-refractivity contribution is -0.116. The van der Waals surface area contributed by atoms with Crippen LogP contribution in [-0.2, 0) is 9.59 Å². The van der Waals surface area contributed by atoms with Crippen LogP contribution in [0.5, 0.6) is 5.75 Å². The minimum Gasteiger partial charge on any atom is -0.496 e. The molecule has 5 rings (SSSR count). The third kappa shape index (κ3) is 8.88. The van der Waals surface area contributed by atoms with Crippen LogP contribution in [-0.4, -0.2) is 24.8 Å². The molecule has 5 aromatic carbocycles. The van der Waals surface area contributed by atoms with Gasteiger partial charge in [0, 0.05) is 27.4 Å². The third-order valence-electron chi connectivity index (χ3n) is 6.86. The Balaban J connectivity index is 1.34. The van der Waals surface area contributed by atoms with E-state index in [9.17, 15) is 18.8 Å². The molecule has 10 heteroatoms. The summed E-state index contributed by atoms with van der Waals surface area (Å²) < 4.78 is 19.1. The molecule has 5 aromatic rings. The fraction of sp³-hybridized carbons (Fsp3) is 0.0541. The van der Waals surface area contributed by atoms with Crippen molar-refractivity contribution < 1.29 is 23.5 Å². The summed E-state index contributed by atoms with van der Waals surface area (Å²) >= 11 is 7.22. The second kappa shape index (κ2) is 15.8. The highest BCUT2D eigenvalue weighted by Gasteiger charge is 2.23. The average Bonchev–Trinajstić information content (AvgIpc) is 3.10. The summed E-state index contributed by atoms with van der Waals surface area (Å²) in [7, 11) is 1.53. The maximum Gasteiger partial charge on any atom is 0.272 e. The molecule has 0 fully saturated rings. The molecule has 0 radical (unpaired) electrons. The Morgan fingerprint density at radius 2 is 1.43 bits per heavy atom. The molecule has 0 aromatic heterocycles. The number of hydrogen-bond donors (Lipinski definition) is 3. The molecule has 0 spiro atoms. The van der Waals surface area contributed by atoms with Crippen molar-refractivity contribution >= 4 is 58.5 Å². The molecule has 7 nitrogen and oxygen atoms in total. The molecule has 236 valence electrons. The number of carbonyl (C=O) groups excluding carboxylic acids is 3. The average molecular weight is 666 g/mol. The van der Waals surface area contributed by atoms with Crippen molar-refractivity contribution in [2.75, 3.05) is 17.7 Å². The molecular weight excluding hydrogens is 637 g/mol. The first-order chi connectivity index (χ1) is 22.8. The Morgan fingerprint density at radius 3 is 2.11 bits per heavy atom. The molecule has 0 aliphatic carbocycles. The Labute approximate surface area is 280 Å². The molecule has 1 atom stereocenters. The fourth-order valence-corrected chi connectivity index (χ4v) is 5.72. The van der Waals surface area contributed by atoms with Crippen molar-refractivity contribution in [1.82, 2.24) is 5.32 Å². The van der Waals surface area contributed by atoms with Gasteiger partial charge in [-0.1, -0.05) is 78.3 Å². The number of amides is 3. The van der Waals surface area contributed by atoms with Gasteiger partial charge in [-0.15, -0.1) is 11.8 Å². The Hall–Kier alpha value is -5.38. The zero-order valence-electron chi connectivity index (χ0n) is 25.1. The minimum atomic E-state index is -0.649. The van der Waals surface area contributed by atoms with E-state index < -0.39 is 22.9 Å². The van der Waals surface area contributed by atoms with Crippen LogP contribution in [0.15, 0.2) is 138 Å². The highest BCUT2D eigenvalue weighted by atomic mass is 35.5. The van der Waals surface area contributed by atoms with Crippen LogP contribution in [0.2, 0.25) is 5.02 Å². The minimum absolute atomic E-state index is 0.0171. The summed E-state index contributed by atoms with van der Waals surface area (Å²) in [6.07, 6.45) is 1.55. The highest BCUT2D eigenvalue weighted by Crippen LogP contribution is 2.37. The van der Waals surface area contributed by atoms with E-state index in [-0.39, 0.29) is 16.6 Å². The van der Waals surface area contributed by atoms with Crippen molar-refractivity contribution in [2.45, 2.75) is 10.1 Å². The molecule has 0 saturated heterocycles. The number of hydrogen-bond acceptors (Lipinski definition) is 5. The van der Waals surface area contributed by atoms with E-state index in [1.807, 2.05) is 36.4 Å². The predicted octanol–water partition coefficient (Wildman–Crippen LogP) is 8.37. The fourth-order valence-electron chi connectivity index (χ4n) is 4.52. The van der Waals surface area contributed by atoms with Gasteiger partial charge >= 0.3 is 0 Å². The smallest absolute Gasteiger partial charge is 0.272 e. The number of benzene rings is 5. The number of halogens is 2. The molecule has 1 unspecified atom stereocenters. The lowest BCUT2D eigenvalue weighted by atomic mass is 10.1. The van der Waals surface area contributed by atoms with E-state index in [0.717, 1.165) is 10.5 Å². The van der Waals surface area contributed by atoms with Crippen LogP contribution >= 0.6 is 23.4 Å². The molecule has 0 aliphatic heterocycles. The first kappa shape index (κ1) is 33.0. The number of para-hydroxylation sites is 1. The number of ether oxygens (including phenoxy) is 1. The van der Waals surface area contributed by atoms with E-state index in [1.165, 1.54) is 37.1 Å². The van der Waals surface area contributed by atoms with Gasteiger partial charge in [-0.2, -0.15) is 0 Å². The lowest BCUT2D eigenvalue weighted by Gasteiger charge is -2.18. The number of thioether (sulfide) groups is 1.